The van der Waals surface area contributed by atoms with Crippen LogP contribution in [0.25, 0.3) is 0 Å². The van der Waals surface area contributed by atoms with Gasteiger partial charge in [-0.3, -0.25) is 9.59 Å². The maximum atomic E-state index is 12.6. The average molecular weight is 313 g/mol. The van der Waals surface area contributed by atoms with Crippen LogP contribution in [0.1, 0.15) is 24.2 Å². The molecule has 120 valence electrons. The van der Waals surface area contributed by atoms with E-state index in [1.165, 1.54) is 14.0 Å². The first-order valence-corrected chi connectivity index (χ1v) is 7.19. The van der Waals surface area contributed by atoms with Gasteiger partial charge in [-0.1, -0.05) is 36.4 Å². The van der Waals surface area contributed by atoms with Crippen LogP contribution < -0.4 is 10.1 Å². The van der Waals surface area contributed by atoms with Crippen molar-refractivity contribution in [1.82, 2.24) is 0 Å². The zero-order valence-corrected chi connectivity index (χ0v) is 13.3. The number of carbonyl (C=O) groups is 2. The van der Waals surface area contributed by atoms with E-state index in [1.54, 1.807) is 36.4 Å². The van der Waals surface area contributed by atoms with Crippen molar-refractivity contribution in [3.8, 4) is 5.75 Å². The summed E-state index contributed by atoms with van der Waals surface area (Å²) in [4.78, 5) is 23.9. The molecule has 0 spiro atoms. The number of aryl methyl sites for hydroxylation is 1. The lowest BCUT2D eigenvalue weighted by atomic mass is 10.1. The smallest absolute Gasteiger partial charge is 0.303 e. The Morgan fingerprint density at radius 1 is 1.09 bits per heavy atom. The van der Waals surface area contributed by atoms with Crippen molar-refractivity contribution in [3.05, 3.63) is 59.7 Å². The number of hydrogen-bond donors (Lipinski definition) is 1. The predicted molar refractivity (Wildman–Crippen MR) is 87.3 cm³/mol. The molecule has 2 aromatic carbocycles. The number of ether oxygens (including phenoxy) is 2. The first-order valence-electron chi connectivity index (χ1n) is 7.19. The molecule has 0 saturated carbocycles. The van der Waals surface area contributed by atoms with Crippen molar-refractivity contribution in [2.24, 2.45) is 0 Å². The topological polar surface area (TPSA) is 64.6 Å². The molecule has 0 heterocycles. The van der Waals surface area contributed by atoms with Crippen LogP contribution in [0.5, 0.6) is 5.75 Å². The summed E-state index contributed by atoms with van der Waals surface area (Å²) in [5, 5.41) is 2.77. The van der Waals surface area contributed by atoms with Crippen LogP contribution in [0, 0.1) is 6.92 Å². The van der Waals surface area contributed by atoms with E-state index in [0.29, 0.717) is 17.0 Å². The molecule has 1 amide bonds. The molecule has 5 heteroatoms. The molecule has 0 bridgehead atoms. The van der Waals surface area contributed by atoms with Gasteiger partial charge in [-0.05, 0) is 24.6 Å². The zero-order valence-electron chi connectivity index (χ0n) is 13.3. The van der Waals surface area contributed by atoms with Gasteiger partial charge >= 0.3 is 5.97 Å². The normalized spacial score (nSPS) is 11.4. The Morgan fingerprint density at radius 2 is 1.78 bits per heavy atom. The van der Waals surface area contributed by atoms with Crippen LogP contribution in [0.15, 0.2) is 48.5 Å². The second kappa shape index (κ2) is 7.45. The average Bonchev–Trinajstić information content (AvgIpc) is 2.53. The highest BCUT2D eigenvalue weighted by atomic mass is 16.5. The van der Waals surface area contributed by atoms with Crippen molar-refractivity contribution < 1.29 is 19.1 Å². The third-order valence-corrected chi connectivity index (χ3v) is 3.24. The molecule has 0 radical (unpaired) electrons. The van der Waals surface area contributed by atoms with E-state index in [9.17, 15) is 9.59 Å². The van der Waals surface area contributed by atoms with Crippen molar-refractivity contribution in [2.75, 3.05) is 12.4 Å². The zero-order chi connectivity index (χ0) is 16.8. The number of esters is 1. The minimum Gasteiger partial charge on any atom is -0.495 e. The highest BCUT2D eigenvalue weighted by molar-refractivity contribution is 5.97. The number of amides is 1. The summed E-state index contributed by atoms with van der Waals surface area (Å²) in [6.45, 7) is 3.19. The molecule has 5 nitrogen and oxygen atoms in total. The Labute approximate surface area is 135 Å². The first kappa shape index (κ1) is 16.5. The van der Waals surface area contributed by atoms with Crippen LogP contribution in [0.3, 0.4) is 0 Å². The van der Waals surface area contributed by atoms with Crippen molar-refractivity contribution >= 4 is 17.6 Å². The van der Waals surface area contributed by atoms with Crippen molar-refractivity contribution in [3.63, 3.8) is 0 Å². The van der Waals surface area contributed by atoms with Gasteiger partial charge in [0.15, 0.2) is 0 Å². The minimum absolute atomic E-state index is 0.435. The third kappa shape index (κ3) is 4.32. The van der Waals surface area contributed by atoms with Crippen LogP contribution in [0.2, 0.25) is 0 Å². The monoisotopic (exact) mass is 313 g/mol. The maximum absolute atomic E-state index is 12.6. The van der Waals surface area contributed by atoms with Gasteiger partial charge in [-0.2, -0.15) is 0 Å². The third-order valence-electron chi connectivity index (χ3n) is 3.24. The van der Waals surface area contributed by atoms with Gasteiger partial charge in [0.25, 0.3) is 5.91 Å². The molecule has 1 unspecified atom stereocenters. The van der Waals surface area contributed by atoms with Crippen molar-refractivity contribution in [1.29, 1.82) is 0 Å². The fourth-order valence-corrected chi connectivity index (χ4v) is 2.18. The van der Waals surface area contributed by atoms with E-state index in [4.69, 9.17) is 9.47 Å². The number of hydrogen-bond acceptors (Lipinski definition) is 4. The first-order chi connectivity index (χ1) is 11.0. The largest absolute Gasteiger partial charge is 0.495 e. The number of methoxy groups -OCH3 is 1. The highest BCUT2D eigenvalue weighted by Crippen LogP contribution is 2.27. The number of rotatable bonds is 5. The summed E-state index contributed by atoms with van der Waals surface area (Å²) in [5.41, 5.74) is 2.11. The van der Waals surface area contributed by atoms with Crippen molar-refractivity contribution in [2.45, 2.75) is 20.0 Å². The van der Waals surface area contributed by atoms with Gasteiger partial charge in [-0.25, -0.2) is 0 Å². The van der Waals surface area contributed by atoms with Gasteiger partial charge in [-0.15, -0.1) is 0 Å². The summed E-state index contributed by atoms with van der Waals surface area (Å²) < 4.78 is 10.4. The SMILES string of the molecule is COc1ccc(C)cc1NC(=O)C(OC(C)=O)c1ccccc1. The minimum atomic E-state index is -1.01. The van der Waals surface area contributed by atoms with Crippen LogP contribution in [0.4, 0.5) is 5.69 Å². The van der Waals surface area contributed by atoms with Gasteiger partial charge in [0.05, 0.1) is 12.8 Å². The predicted octanol–water partition coefficient (Wildman–Crippen LogP) is 3.25. The Morgan fingerprint density at radius 3 is 2.39 bits per heavy atom. The van der Waals surface area contributed by atoms with Crippen LogP contribution in [-0.4, -0.2) is 19.0 Å². The summed E-state index contributed by atoms with van der Waals surface area (Å²) >= 11 is 0. The Balaban J connectivity index is 2.28. The second-order valence-corrected chi connectivity index (χ2v) is 5.09. The van der Waals surface area contributed by atoms with Gasteiger partial charge in [0, 0.05) is 12.5 Å². The summed E-state index contributed by atoms with van der Waals surface area (Å²) in [6, 6.07) is 14.3. The molecule has 0 fully saturated rings. The molecule has 23 heavy (non-hydrogen) atoms. The molecule has 2 rings (SSSR count). The summed E-state index contributed by atoms with van der Waals surface area (Å²) in [7, 11) is 1.53. The van der Waals surface area contributed by atoms with Gasteiger partial charge in [0.1, 0.15) is 5.75 Å². The number of nitrogens with one attached hydrogen (secondary N) is 1. The summed E-state index contributed by atoms with van der Waals surface area (Å²) in [6.07, 6.45) is -1.01. The highest BCUT2D eigenvalue weighted by Gasteiger charge is 2.24. The van der Waals surface area contributed by atoms with E-state index >= 15 is 0 Å². The molecule has 0 saturated heterocycles. The molecule has 0 aliphatic carbocycles. The Hall–Kier alpha value is -2.82. The second-order valence-electron chi connectivity index (χ2n) is 5.09. The lowest BCUT2D eigenvalue weighted by Gasteiger charge is -2.18. The molecule has 1 N–H and O–H groups in total. The molecule has 0 aliphatic heterocycles. The molecule has 0 aromatic heterocycles. The molecule has 2 aromatic rings. The van der Waals surface area contributed by atoms with Gasteiger partial charge in [0.2, 0.25) is 6.10 Å². The van der Waals surface area contributed by atoms with E-state index in [0.717, 1.165) is 5.56 Å². The quantitative estimate of drug-likeness (QED) is 0.861. The number of anilines is 1. The van der Waals surface area contributed by atoms with E-state index in [-0.39, 0.29) is 0 Å². The standard InChI is InChI=1S/C18H19NO4/c1-12-9-10-16(22-3)15(11-12)19-18(21)17(23-13(2)20)14-7-5-4-6-8-14/h4-11,17H,1-3H3,(H,19,21). The fraction of sp³-hybridized carbons (Fsp3) is 0.222. The molecular formula is C18H19NO4. The molecular weight excluding hydrogens is 294 g/mol. The fourth-order valence-electron chi connectivity index (χ4n) is 2.18. The summed E-state index contributed by atoms with van der Waals surface area (Å²) in [5.74, 6) is -0.418. The number of benzene rings is 2. The number of carbonyl (C=O) groups excluding carboxylic acids is 2. The van der Waals surface area contributed by atoms with E-state index in [2.05, 4.69) is 5.32 Å². The maximum Gasteiger partial charge on any atom is 0.303 e. The van der Waals surface area contributed by atoms with Crippen LogP contribution >= 0.6 is 0 Å². The lowest BCUT2D eigenvalue weighted by Crippen LogP contribution is -2.25. The Bertz CT molecular complexity index is 697. The van der Waals surface area contributed by atoms with Crippen LogP contribution in [-0.2, 0) is 14.3 Å². The lowest BCUT2D eigenvalue weighted by molar-refractivity contribution is -0.152. The Kier molecular flexibility index (Phi) is 5.36. The molecule has 1 atom stereocenters. The molecule has 0 aliphatic rings. The van der Waals surface area contributed by atoms with Gasteiger partial charge < -0.3 is 14.8 Å². The van der Waals surface area contributed by atoms with E-state index < -0.39 is 18.0 Å². The van der Waals surface area contributed by atoms with E-state index in [1.807, 2.05) is 19.1 Å².